The first-order chi connectivity index (χ1) is 7.33. The summed E-state index contributed by atoms with van der Waals surface area (Å²) >= 11 is 0. The third-order valence-corrected chi connectivity index (χ3v) is 2.89. The van der Waals surface area contributed by atoms with E-state index in [1.165, 1.54) is 6.33 Å². The Morgan fingerprint density at radius 3 is 3.07 bits per heavy atom. The monoisotopic (exact) mass is 204 g/mol. The second-order valence-corrected chi connectivity index (χ2v) is 4.03. The number of nitrogens with zero attached hydrogens (tertiary/aromatic N) is 2. The fourth-order valence-corrected chi connectivity index (χ4v) is 1.70. The van der Waals surface area contributed by atoms with Crippen molar-refractivity contribution >= 4 is 16.9 Å². The number of aliphatic hydroxyl groups is 1. The molecule has 0 atom stereocenters. The third kappa shape index (κ3) is 1.35. The van der Waals surface area contributed by atoms with Crippen molar-refractivity contribution in [2.24, 2.45) is 0 Å². The maximum absolute atomic E-state index is 9.23. The fraction of sp³-hybridized carbons (Fsp3) is 0.400. The predicted octanol–water partition coefficient (Wildman–Crippen LogP) is 0.895. The summed E-state index contributed by atoms with van der Waals surface area (Å²) in [5, 5.41) is 13.5. The van der Waals surface area contributed by atoms with Gasteiger partial charge in [0.05, 0.1) is 17.5 Å². The third-order valence-electron chi connectivity index (χ3n) is 2.89. The van der Waals surface area contributed by atoms with Crippen LogP contribution in [0.2, 0.25) is 0 Å². The van der Waals surface area contributed by atoms with E-state index >= 15 is 0 Å². The lowest BCUT2D eigenvalue weighted by molar-refractivity contribution is 0.266. The Kier molecular flexibility index (Phi) is 1.70. The van der Waals surface area contributed by atoms with Gasteiger partial charge >= 0.3 is 0 Å². The summed E-state index contributed by atoms with van der Waals surface area (Å²) in [5.41, 5.74) is 0.680. The van der Waals surface area contributed by atoms with E-state index in [9.17, 15) is 5.11 Å². The highest BCUT2D eigenvalue weighted by molar-refractivity contribution is 5.87. The first-order valence-corrected chi connectivity index (χ1v) is 5.00. The summed E-state index contributed by atoms with van der Waals surface area (Å²) in [6.07, 6.45) is 5.36. The Labute approximate surface area is 86.6 Å². The molecule has 3 N–H and O–H groups in total. The van der Waals surface area contributed by atoms with Crippen molar-refractivity contribution in [2.45, 2.75) is 18.4 Å². The van der Waals surface area contributed by atoms with Crippen molar-refractivity contribution in [3.8, 4) is 0 Å². The zero-order valence-corrected chi connectivity index (χ0v) is 8.20. The second kappa shape index (κ2) is 2.93. The minimum absolute atomic E-state index is 0.140. The van der Waals surface area contributed by atoms with Gasteiger partial charge in [0.25, 0.3) is 0 Å². The molecule has 2 heterocycles. The molecule has 15 heavy (non-hydrogen) atoms. The lowest BCUT2D eigenvalue weighted by Crippen LogP contribution is -2.26. The van der Waals surface area contributed by atoms with E-state index in [0.717, 1.165) is 29.7 Å². The molecular formula is C10H12N4O. The van der Waals surface area contributed by atoms with Crippen molar-refractivity contribution in [3.63, 3.8) is 0 Å². The van der Waals surface area contributed by atoms with Gasteiger partial charge in [-0.05, 0) is 18.9 Å². The van der Waals surface area contributed by atoms with Gasteiger partial charge in [0, 0.05) is 6.20 Å². The van der Waals surface area contributed by atoms with Crippen LogP contribution in [0.1, 0.15) is 12.8 Å². The zero-order chi connectivity index (χ0) is 10.3. The van der Waals surface area contributed by atoms with E-state index in [1.807, 2.05) is 12.3 Å². The average Bonchev–Trinajstić information content (AvgIpc) is 2.87. The quantitative estimate of drug-likeness (QED) is 0.694. The molecule has 78 valence electrons. The van der Waals surface area contributed by atoms with Crippen LogP contribution in [-0.4, -0.2) is 32.2 Å². The van der Waals surface area contributed by atoms with Crippen LogP contribution in [0.5, 0.6) is 0 Å². The van der Waals surface area contributed by atoms with Gasteiger partial charge in [0.15, 0.2) is 0 Å². The minimum Gasteiger partial charge on any atom is -0.394 e. The van der Waals surface area contributed by atoms with Crippen LogP contribution in [-0.2, 0) is 0 Å². The second-order valence-electron chi connectivity index (χ2n) is 4.03. The molecule has 2 aromatic rings. The summed E-state index contributed by atoms with van der Waals surface area (Å²) in [4.78, 5) is 11.3. The lowest BCUT2D eigenvalue weighted by Gasteiger charge is -2.15. The zero-order valence-electron chi connectivity index (χ0n) is 8.20. The largest absolute Gasteiger partial charge is 0.394 e. The molecule has 3 rings (SSSR count). The van der Waals surface area contributed by atoms with Crippen molar-refractivity contribution in [1.29, 1.82) is 0 Å². The van der Waals surface area contributed by atoms with Crippen LogP contribution in [0.4, 0.5) is 5.82 Å². The van der Waals surface area contributed by atoms with Gasteiger partial charge in [0.2, 0.25) is 0 Å². The standard InChI is InChI=1S/C10H12N4O/c15-5-10(2-3-10)14-9-7-1-4-11-8(7)12-6-13-9/h1,4,6,15H,2-3,5H2,(H2,11,12,13,14). The van der Waals surface area contributed by atoms with Gasteiger partial charge in [0.1, 0.15) is 17.8 Å². The van der Waals surface area contributed by atoms with Crippen molar-refractivity contribution in [2.75, 3.05) is 11.9 Å². The molecule has 0 radical (unpaired) electrons. The highest BCUT2D eigenvalue weighted by atomic mass is 16.3. The van der Waals surface area contributed by atoms with Crippen LogP contribution < -0.4 is 5.32 Å². The van der Waals surface area contributed by atoms with Crippen LogP contribution >= 0.6 is 0 Å². The van der Waals surface area contributed by atoms with Gasteiger partial charge in [-0.25, -0.2) is 9.97 Å². The maximum atomic E-state index is 9.23. The number of nitrogens with one attached hydrogen (secondary N) is 2. The number of hydrogen-bond donors (Lipinski definition) is 3. The first-order valence-electron chi connectivity index (χ1n) is 5.00. The molecule has 0 unspecified atom stereocenters. The van der Waals surface area contributed by atoms with E-state index < -0.39 is 0 Å². The van der Waals surface area contributed by atoms with Gasteiger partial charge in [-0.15, -0.1) is 0 Å². The molecule has 1 aliphatic rings. The predicted molar refractivity (Wildman–Crippen MR) is 56.6 cm³/mol. The molecular weight excluding hydrogens is 192 g/mol. The van der Waals surface area contributed by atoms with Gasteiger partial charge < -0.3 is 15.4 Å². The Morgan fingerprint density at radius 1 is 1.47 bits per heavy atom. The van der Waals surface area contributed by atoms with E-state index in [1.54, 1.807) is 0 Å². The van der Waals surface area contributed by atoms with E-state index in [2.05, 4.69) is 20.3 Å². The molecule has 1 fully saturated rings. The number of hydrogen-bond acceptors (Lipinski definition) is 4. The van der Waals surface area contributed by atoms with Crippen molar-refractivity contribution < 1.29 is 5.11 Å². The van der Waals surface area contributed by atoms with Crippen LogP contribution in [0.15, 0.2) is 18.6 Å². The van der Waals surface area contributed by atoms with Crippen LogP contribution in [0.25, 0.3) is 11.0 Å². The Hall–Kier alpha value is -1.62. The average molecular weight is 204 g/mol. The SMILES string of the molecule is OCC1(Nc2ncnc3[nH]ccc23)CC1. The van der Waals surface area contributed by atoms with Crippen LogP contribution in [0, 0.1) is 0 Å². The van der Waals surface area contributed by atoms with E-state index in [0.29, 0.717) is 0 Å². The highest BCUT2D eigenvalue weighted by Crippen LogP contribution is 2.38. The molecule has 0 amide bonds. The normalized spacial score (nSPS) is 17.9. The molecule has 1 saturated carbocycles. The van der Waals surface area contributed by atoms with Crippen LogP contribution in [0.3, 0.4) is 0 Å². The maximum Gasteiger partial charge on any atom is 0.142 e. The van der Waals surface area contributed by atoms with Crippen molar-refractivity contribution in [1.82, 2.24) is 15.0 Å². The summed E-state index contributed by atoms with van der Waals surface area (Å²) in [6.45, 7) is 0.156. The number of aromatic amines is 1. The molecule has 5 heteroatoms. The number of H-pyrrole nitrogens is 1. The number of anilines is 1. The molecule has 0 spiro atoms. The number of aromatic nitrogens is 3. The number of fused-ring (bicyclic) bond motifs is 1. The molecule has 0 aromatic carbocycles. The van der Waals surface area contributed by atoms with Crippen molar-refractivity contribution in [3.05, 3.63) is 18.6 Å². The Morgan fingerprint density at radius 2 is 2.33 bits per heavy atom. The Bertz CT molecular complexity index is 489. The summed E-state index contributed by atoms with van der Waals surface area (Å²) < 4.78 is 0. The molecule has 0 bridgehead atoms. The topological polar surface area (TPSA) is 73.8 Å². The highest BCUT2D eigenvalue weighted by Gasteiger charge is 2.42. The van der Waals surface area contributed by atoms with E-state index in [4.69, 9.17) is 0 Å². The molecule has 0 aliphatic heterocycles. The van der Waals surface area contributed by atoms with E-state index in [-0.39, 0.29) is 12.1 Å². The summed E-state index contributed by atoms with van der Waals surface area (Å²) in [6, 6.07) is 1.94. The molecule has 0 saturated heterocycles. The Balaban J connectivity index is 2.00. The summed E-state index contributed by atoms with van der Waals surface area (Å²) in [5.74, 6) is 0.799. The molecule has 5 nitrogen and oxygen atoms in total. The molecule has 1 aliphatic carbocycles. The smallest absolute Gasteiger partial charge is 0.142 e. The minimum atomic E-state index is -0.140. The number of aliphatic hydroxyl groups excluding tert-OH is 1. The van der Waals surface area contributed by atoms with Gasteiger partial charge in [-0.3, -0.25) is 0 Å². The number of rotatable bonds is 3. The first kappa shape index (κ1) is 8.67. The summed E-state index contributed by atoms with van der Waals surface area (Å²) in [7, 11) is 0. The molecule has 2 aromatic heterocycles. The lowest BCUT2D eigenvalue weighted by atomic mass is 10.2. The fourth-order valence-electron chi connectivity index (χ4n) is 1.70. The van der Waals surface area contributed by atoms with Gasteiger partial charge in [-0.2, -0.15) is 0 Å². The van der Waals surface area contributed by atoms with Gasteiger partial charge in [-0.1, -0.05) is 0 Å².